The van der Waals surface area contributed by atoms with Gasteiger partial charge in [0.15, 0.2) is 5.13 Å². The maximum absolute atomic E-state index is 12.1. The van der Waals surface area contributed by atoms with E-state index in [1.54, 1.807) is 6.20 Å². The van der Waals surface area contributed by atoms with Gasteiger partial charge in [-0.1, -0.05) is 12.1 Å². The van der Waals surface area contributed by atoms with E-state index in [4.69, 9.17) is 19.8 Å². The summed E-state index contributed by atoms with van der Waals surface area (Å²) in [5, 5.41) is 20.2. The van der Waals surface area contributed by atoms with Crippen LogP contribution in [0.15, 0.2) is 42.2 Å². The topological polar surface area (TPSA) is 138 Å². The van der Waals surface area contributed by atoms with Crippen LogP contribution in [0.1, 0.15) is 12.8 Å². The maximum atomic E-state index is 12.1. The number of hydrogen-bond donors (Lipinski definition) is 3. The summed E-state index contributed by atoms with van der Waals surface area (Å²) in [6.45, 7) is 3.37. The van der Waals surface area contributed by atoms with Crippen LogP contribution < -0.4 is 5.32 Å². The highest BCUT2D eigenvalue weighted by Crippen LogP contribution is 2.22. The molecule has 0 atom stereocenters. The smallest absolute Gasteiger partial charge is 0.414 e. The third-order valence-electron chi connectivity index (χ3n) is 4.92. The van der Waals surface area contributed by atoms with Crippen LogP contribution in [0.5, 0.6) is 0 Å². The number of carboxylic acids is 2. The lowest BCUT2D eigenvalue weighted by Crippen LogP contribution is -2.39. The van der Waals surface area contributed by atoms with Gasteiger partial charge in [0.2, 0.25) is 5.91 Å². The lowest BCUT2D eigenvalue weighted by molar-refractivity contribution is -0.159. The van der Waals surface area contributed by atoms with E-state index in [1.165, 1.54) is 16.9 Å². The second-order valence-corrected chi connectivity index (χ2v) is 8.00. The summed E-state index contributed by atoms with van der Waals surface area (Å²) in [4.78, 5) is 41.0. The fourth-order valence-electron chi connectivity index (χ4n) is 3.41. The maximum Gasteiger partial charge on any atom is 0.414 e. The molecule has 0 aliphatic carbocycles. The van der Waals surface area contributed by atoms with Crippen LogP contribution in [0.3, 0.4) is 0 Å². The third kappa shape index (κ3) is 6.59. The fourth-order valence-corrected chi connectivity index (χ4v) is 3.95. The number of thiazole rings is 1. The summed E-state index contributed by atoms with van der Waals surface area (Å²) in [5.74, 6) is -2.99. The normalized spacial score (nSPS) is 14.6. The van der Waals surface area contributed by atoms with Crippen LogP contribution in [0, 0.1) is 5.92 Å². The molecule has 1 aromatic carbocycles. The van der Waals surface area contributed by atoms with Gasteiger partial charge in [0.25, 0.3) is 0 Å². The number of piperidine rings is 1. The van der Waals surface area contributed by atoms with E-state index in [0.29, 0.717) is 17.6 Å². The largest absolute Gasteiger partial charge is 0.473 e. The van der Waals surface area contributed by atoms with Gasteiger partial charge in [0, 0.05) is 18.1 Å². The third-order valence-corrected chi connectivity index (χ3v) is 5.61. The zero-order valence-electron chi connectivity index (χ0n) is 16.7. The first-order chi connectivity index (χ1) is 14.9. The van der Waals surface area contributed by atoms with Crippen LogP contribution >= 0.6 is 11.3 Å². The van der Waals surface area contributed by atoms with Gasteiger partial charge in [0.1, 0.15) is 0 Å². The molecule has 2 aromatic heterocycles. The van der Waals surface area contributed by atoms with E-state index >= 15 is 0 Å². The summed E-state index contributed by atoms with van der Waals surface area (Å²) >= 11 is 1.45. The van der Waals surface area contributed by atoms with Crippen LogP contribution in [-0.4, -0.2) is 67.1 Å². The molecule has 1 fully saturated rings. The van der Waals surface area contributed by atoms with Crippen molar-refractivity contribution in [3.63, 3.8) is 0 Å². The first kappa shape index (κ1) is 22.4. The average molecular weight is 446 g/mol. The lowest BCUT2D eigenvalue weighted by Gasteiger charge is -2.31. The first-order valence-corrected chi connectivity index (χ1v) is 10.6. The number of hydrogen-bond acceptors (Lipinski definition) is 7. The van der Waals surface area contributed by atoms with E-state index in [1.807, 2.05) is 17.8 Å². The van der Waals surface area contributed by atoms with Gasteiger partial charge < -0.3 is 20.1 Å². The van der Waals surface area contributed by atoms with Crippen LogP contribution in [0.25, 0.3) is 11.0 Å². The number of nitrogens with one attached hydrogen (secondary N) is 1. The van der Waals surface area contributed by atoms with Gasteiger partial charge in [-0.25, -0.2) is 19.6 Å². The van der Waals surface area contributed by atoms with Gasteiger partial charge in [-0.2, -0.15) is 0 Å². The Hall–Kier alpha value is -3.31. The standard InChI is InChI=1S/C18H21N5OS.C2H2O4/c24-17(21-18-19-7-10-25-18)12-22-8-5-14(6-9-22)11-23-13-20-15-3-1-2-4-16(15)23;3-1(4)2(5)6/h1-4,7,10,13-14H,5-6,8-9,11-12H2,(H,19,21,24);(H,3,4)(H,5,6). The Morgan fingerprint density at radius 3 is 2.45 bits per heavy atom. The number of aliphatic carboxylic acids is 2. The summed E-state index contributed by atoms with van der Waals surface area (Å²) in [6, 6.07) is 8.26. The Morgan fingerprint density at radius 1 is 1.10 bits per heavy atom. The summed E-state index contributed by atoms with van der Waals surface area (Å²) in [5.41, 5.74) is 2.26. The number of rotatable bonds is 5. The quantitative estimate of drug-likeness (QED) is 0.507. The number of carbonyl (C=O) groups excluding carboxylic acids is 1. The van der Waals surface area contributed by atoms with Crippen molar-refractivity contribution in [2.45, 2.75) is 19.4 Å². The highest BCUT2D eigenvalue weighted by Gasteiger charge is 2.22. The summed E-state index contributed by atoms with van der Waals surface area (Å²) < 4.78 is 2.25. The van der Waals surface area contributed by atoms with E-state index in [9.17, 15) is 4.79 Å². The molecule has 11 heteroatoms. The predicted octanol–water partition coefficient (Wildman–Crippen LogP) is 2.00. The Labute approximate surface area is 182 Å². The second kappa shape index (κ2) is 10.6. The number of aromatic nitrogens is 3. The Bertz CT molecular complexity index is 1020. The minimum absolute atomic E-state index is 0.0222. The molecule has 1 saturated heterocycles. The molecule has 0 bridgehead atoms. The number of fused-ring (bicyclic) bond motifs is 1. The highest BCUT2D eigenvalue weighted by molar-refractivity contribution is 7.13. The highest BCUT2D eigenvalue weighted by atomic mass is 32.1. The Morgan fingerprint density at radius 2 is 1.81 bits per heavy atom. The number of carbonyl (C=O) groups is 3. The van der Waals surface area contributed by atoms with E-state index in [0.717, 1.165) is 38.0 Å². The van der Waals surface area contributed by atoms with Crippen LogP contribution in [-0.2, 0) is 20.9 Å². The Kier molecular flexibility index (Phi) is 7.68. The number of nitrogens with zero attached hydrogens (tertiary/aromatic N) is 4. The first-order valence-electron chi connectivity index (χ1n) is 9.70. The molecule has 4 rings (SSSR count). The van der Waals surface area contributed by atoms with Gasteiger partial charge in [0.05, 0.1) is 23.9 Å². The van der Waals surface area contributed by atoms with Crippen molar-refractivity contribution >= 4 is 45.3 Å². The molecule has 0 spiro atoms. The van der Waals surface area contributed by atoms with Gasteiger partial charge in [-0.15, -0.1) is 11.3 Å². The molecule has 0 unspecified atom stereocenters. The van der Waals surface area contributed by atoms with E-state index < -0.39 is 11.9 Å². The van der Waals surface area contributed by atoms with Crippen molar-refractivity contribution in [1.29, 1.82) is 0 Å². The molecule has 1 amide bonds. The van der Waals surface area contributed by atoms with Crippen molar-refractivity contribution in [3.8, 4) is 0 Å². The predicted molar refractivity (Wildman–Crippen MR) is 115 cm³/mol. The van der Waals surface area contributed by atoms with Crippen molar-refractivity contribution in [1.82, 2.24) is 19.4 Å². The minimum Gasteiger partial charge on any atom is -0.473 e. The number of imidazole rings is 1. The molecule has 1 aliphatic heterocycles. The number of para-hydroxylation sites is 2. The number of benzene rings is 1. The van der Waals surface area contributed by atoms with Crippen molar-refractivity contribution in [2.24, 2.45) is 5.92 Å². The minimum atomic E-state index is -1.82. The molecule has 3 N–H and O–H groups in total. The fraction of sp³-hybridized carbons (Fsp3) is 0.350. The molecular weight excluding hydrogens is 422 g/mol. The SMILES string of the molecule is O=C(CN1CCC(Cn2cnc3ccccc32)CC1)Nc1nccs1.O=C(O)C(=O)O. The lowest BCUT2D eigenvalue weighted by atomic mass is 9.96. The molecule has 10 nitrogen and oxygen atoms in total. The number of carboxylic acid groups (broad SMARTS) is 2. The summed E-state index contributed by atoms with van der Waals surface area (Å²) in [7, 11) is 0. The van der Waals surface area contributed by atoms with Crippen molar-refractivity contribution < 1.29 is 24.6 Å². The zero-order valence-corrected chi connectivity index (χ0v) is 17.5. The van der Waals surface area contributed by atoms with Crippen LogP contribution in [0.4, 0.5) is 5.13 Å². The Balaban J connectivity index is 0.000000401. The van der Waals surface area contributed by atoms with Gasteiger partial charge in [-0.05, 0) is 44.0 Å². The molecule has 3 aromatic rings. The number of amides is 1. The zero-order chi connectivity index (χ0) is 22.2. The second-order valence-electron chi connectivity index (χ2n) is 7.10. The molecule has 164 valence electrons. The molecule has 3 heterocycles. The monoisotopic (exact) mass is 445 g/mol. The van der Waals surface area contributed by atoms with E-state index in [2.05, 4.69) is 43.0 Å². The van der Waals surface area contributed by atoms with Crippen LogP contribution in [0.2, 0.25) is 0 Å². The molecule has 0 radical (unpaired) electrons. The molecule has 1 aliphatic rings. The van der Waals surface area contributed by atoms with Gasteiger partial charge in [-0.3, -0.25) is 9.69 Å². The van der Waals surface area contributed by atoms with Gasteiger partial charge >= 0.3 is 11.9 Å². The molecule has 0 saturated carbocycles. The van der Waals surface area contributed by atoms with Crippen molar-refractivity contribution in [2.75, 3.05) is 25.0 Å². The molecular formula is C20H23N5O5S. The summed E-state index contributed by atoms with van der Waals surface area (Å²) in [6.07, 6.45) is 5.86. The van der Waals surface area contributed by atoms with Crippen molar-refractivity contribution in [3.05, 3.63) is 42.2 Å². The number of anilines is 1. The average Bonchev–Trinajstić information content (AvgIpc) is 3.40. The van der Waals surface area contributed by atoms with E-state index in [-0.39, 0.29) is 5.91 Å². The molecule has 31 heavy (non-hydrogen) atoms. The number of likely N-dealkylation sites (tertiary alicyclic amines) is 1.